The number of pyridine rings is 1. The molecule has 0 atom stereocenters. The predicted molar refractivity (Wildman–Crippen MR) is 122 cm³/mol. The summed E-state index contributed by atoms with van der Waals surface area (Å²) < 4.78 is 8.98. The van der Waals surface area contributed by atoms with Gasteiger partial charge in [-0.3, -0.25) is 4.57 Å². The Kier molecular flexibility index (Phi) is 4.91. The molecule has 0 aliphatic carbocycles. The van der Waals surface area contributed by atoms with Crippen molar-refractivity contribution in [2.24, 2.45) is 0 Å². The largest absolute Gasteiger partial charge is 0.493 e. The van der Waals surface area contributed by atoms with Gasteiger partial charge in [0.2, 0.25) is 0 Å². The van der Waals surface area contributed by atoms with E-state index in [2.05, 4.69) is 31.7 Å². The molecule has 0 bridgehead atoms. The highest BCUT2D eigenvalue weighted by Gasteiger charge is 2.15. The molecule has 0 aliphatic rings. The van der Waals surface area contributed by atoms with E-state index in [1.54, 1.807) is 24.2 Å². The van der Waals surface area contributed by atoms with Crippen molar-refractivity contribution in [2.45, 2.75) is 13.8 Å². The Balaban J connectivity index is 1.53. The van der Waals surface area contributed by atoms with Gasteiger partial charge in [-0.25, -0.2) is 14.6 Å². The van der Waals surface area contributed by atoms with Crippen LogP contribution in [0.3, 0.4) is 0 Å². The lowest BCUT2D eigenvalue weighted by atomic mass is 10.2. The van der Waals surface area contributed by atoms with Crippen LogP contribution in [-0.4, -0.2) is 41.6 Å². The maximum absolute atomic E-state index is 9.20. The molecule has 4 aromatic heterocycles. The van der Waals surface area contributed by atoms with Crippen molar-refractivity contribution in [2.75, 3.05) is 12.4 Å². The number of hydrogen-bond acceptors (Lipinski definition) is 8. The summed E-state index contributed by atoms with van der Waals surface area (Å²) >= 11 is 0. The molecule has 0 fully saturated rings. The van der Waals surface area contributed by atoms with Crippen molar-refractivity contribution >= 4 is 22.5 Å². The second kappa shape index (κ2) is 8.05. The van der Waals surface area contributed by atoms with Crippen LogP contribution in [0.5, 0.6) is 5.75 Å². The number of ether oxygens (including phenoxy) is 1. The number of nitrogens with zero attached hydrogens (tertiary/aromatic N) is 8. The number of aromatic nitrogens is 7. The molecule has 1 N–H and O–H groups in total. The summed E-state index contributed by atoms with van der Waals surface area (Å²) in [5, 5.41) is 25.0. The topological polar surface area (TPSA) is 119 Å². The van der Waals surface area contributed by atoms with Gasteiger partial charge in [0.15, 0.2) is 23.1 Å². The molecule has 0 radical (unpaired) electrons. The van der Waals surface area contributed by atoms with Gasteiger partial charge in [0, 0.05) is 11.4 Å². The molecule has 0 spiro atoms. The van der Waals surface area contributed by atoms with Crippen molar-refractivity contribution in [3.63, 3.8) is 0 Å². The van der Waals surface area contributed by atoms with Crippen molar-refractivity contribution in [3.05, 3.63) is 71.9 Å². The van der Waals surface area contributed by atoms with E-state index in [1.807, 2.05) is 60.9 Å². The molecule has 0 aliphatic heterocycles. The maximum atomic E-state index is 9.20. The summed E-state index contributed by atoms with van der Waals surface area (Å²) in [5.41, 5.74) is 4.48. The lowest BCUT2D eigenvalue weighted by Crippen LogP contribution is -2.07. The summed E-state index contributed by atoms with van der Waals surface area (Å²) in [5.74, 6) is 2.34. The highest BCUT2D eigenvalue weighted by atomic mass is 16.5. The van der Waals surface area contributed by atoms with Gasteiger partial charge in [-0.2, -0.15) is 15.5 Å². The molecule has 5 rings (SSSR count). The molecule has 1 aromatic carbocycles. The third kappa shape index (κ3) is 3.72. The fourth-order valence-corrected chi connectivity index (χ4v) is 3.50. The van der Waals surface area contributed by atoms with Gasteiger partial charge < -0.3 is 10.1 Å². The van der Waals surface area contributed by atoms with Crippen LogP contribution in [0.15, 0.2) is 54.9 Å². The highest BCUT2D eigenvalue weighted by Crippen LogP contribution is 2.27. The van der Waals surface area contributed by atoms with Crippen LogP contribution in [0.2, 0.25) is 0 Å². The molecule has 0 saturated carbocycles. The van der Waals surface area contributed by atoms with E-state index in [0.717, 1.165) is 28.1 Å². The van der Waals surface area contributed by atoms with Crippen LogP contribution in [0.4, 0.5) is 11.5 Å². The van der Waals surface area contributed by atoms with Gasteiger partial charge in [-0.1, -0.05) is 0 Å². The number of rotatable bonds is 5. The minimum absolute atomic E-state index is 0.313. The van der Waals surface area contributed by atoms with E-state index < -0.39 is 0 Å². The fourth-order valence-electron chi connectivity index (χ4n) is 3.50. The molecular formula is C23H19N9O. The van der Waals surface area contributed by atoms with E-state index in [-0.39, 0.29) is 0 Å². The number of imidazole rings is 1. The second-order valence-corrected chi connectivity index (χ2v) is 7.39. The van der Waals surface area contributed by atoms with E-state index in [1.165, 1.54) is 0 Å². The van der Waals surface area contributed by atoms with Crippen molar-refractivity contribution < 1.29 is 4.74 Å². The standard InChI is InChI=1S/C23H19N9O/c1-14-4-8-21(29-28-14)26-16-5-6-19-18(11-16)25-13-31(19)22-9-7-20(33-3)23(27-22)32-15(2)10-17(12-24)30-32/h4-11,13H,1-3H3,(H,26,29). The SMILES string of the molecule is COc1ccc(-n2cnc3cc(Nc4ccc(C)nn4)ccc32)nc1-n1nc(C#N)cc1C. The summed E-state index contributed by atoms with van der Waals surface area (Å²) in [7, 11) is 1.57. The number of hydrogen-bond donors (Lipinski definition) is 1. The zero-order valence-electron chi connectivity index (χ0n) is 18.2. The van der Waals surface area contributed by atoms with Gasteiger partial charge in [0.1, 0.15) is 18.2 Å². The van der Waals surface area contributed by atoms with Crippen LogP contribution in [0.1, 0.15) is 17.1 Å². The number of benzene rings is 1. The molecule has 0 amide bonds. The summed E-state index contributed by atoms with van der Waals surface area (Å²) in [6, 6.07) is 17.1. The summed E-state index contributed by atoms with van der Waals surface area (Å²) in [6.07, 6.45) is 1.72. The number of aryl methyl sites for hydroxylation is 2. The van der Waals surface area contributed by atoms with E-state index >= 15 is 0 Å². The average molecular weight is 437 g/mol. The van der Waals surface area contributed by atoms with Gasteiger partial charge in [0.05, 0.1) is 23.8 Å². The van der Waals surface area contributed by atoms with Crippen LogP contribution in [-0.2, 0) is 0 Å². The zero-order chi connectivity index (χ0) is 22.9. The van der Waals surface area contributed by atoms with Crippen LogP contribution in [0.25, 0.3) is 22.7 Å². The van der Waals surface area contributed by atoms with Crippen LogP contribution in [0, 0.1) is 25.2 Å². The van der Waals surface area contributed by atoms with Gasteiger partial charge in [0.25, 0.3) is 0 Å². The molecule has 33 heavy (non-hydrogen) atoms. The predicted octanol–water partition coefficient (Wildman–Crippen LogP) is 3.64. The highest BCUT2D eigenvalue weighted by molar-refractivity contribution is 5.82. The summed E-state index contributed by atoms with van der Waals surface area (Å²) in [6.45, 7) is 3.76. The van der Waals surface area contributed by atoms with Crippen LogP contribution >= 0.6 is 0 Å². The minimum atomic E-state index is 0.313. The third-order valence-electron chi connectivity index (χ3n) is 5.11. The lowest BCUT2D eigenvalue weighted by Gasteiger charge is -2.12. The Labute approximate surface area is 189 Å². The van der Waals surface area contributed by atoms with E-state index in [0.29, 0.717) is 28.9 Å². The molecule has 162 valence electrons. The molecule has 10 nitrogen and oxygen atoms in total. The van der Waals surface area contributed by atoms with Gasteiger partial charge in [-0.05, 0) is 62.4 Å². The number of methoxy groups -OCH3 is 1. The zero-order valence-corrected chi connectivity index (χ0v) is 18.2. The first-order chi connectivity index (χ1) is 16.1. The fraction of sp³-hybridized carbons (Fsp3) is 0.130. The molecular weight excluding hydrogens is 418 g/mol. The van der Waals surface area contributed by atoms with E-state index in [4.69, 9.17) is 9.72 Å². The number of fused-ring (bicyclic) bond motifs is 1. The molecule has 5 aromatic rings. The summed E-state index contributed by atoms with van der Waals surface area (Å²) in [4.78, 5) is 9.31. The van der Waals surface area contributed by atoms with Gasteiger partial charge in [-0.15, -0.1) is 5.10 Å². The normalized spacial score (nSPS) is 10.8. The van der Waals surface area contributed by atoms with Crippen LogP contribution < -0.4 is 10.1 Å². The first kappa shape index (κ1) is 20.1. The Hall–Kier alpha value is -4.78. The first-order valence-corrected chi connectivity index (χ1v) is 10.1. The van der Waals surface area contributed by atoms with Gasteiger partial charge >= 0.3 is 0 Å². The lowest BCUT2D eigenvalue weighted by molar-refractivity contribution is 0.409. The average Bonchev–Trinajstić information content (AvgIpc) is 3.43. The quantitative estimate of drug-likeness (QED) is 0.443. The Morgan fingerprint density at radius 1 is 1.03 bits per heavy atom. The number of nitrogens with one attached hydrogen (secondary N) is 1. The second-order valence-electron chi connectivity index (χ2n) is 7.39. The monoisotopic (exact) mass is 437 g/mol. The number of nitriles is 1. The Morgan fingerprint density at radius 2 is 1.91 bits per heavy atom. The van der Waals surface area contributed by atoms with Crippen molar-refractivity contribution in [1.82, 2.24) is 34.5 Å². The Morgan fingerprint density at radius 3 is 2.64 bits per heavy atom. The first-order valence-electron chi connectivity index (χ1n) is 10.1. The smallest absolute Gasteiger partial charge is 0.198 e. The third-order valence-corrected chi connectivity index (χ3v) is 5.11. The molecule has 0 saturated heterocycles. The molecule has 0 unspecified atom stereocenters. The minimum Gasteiger partial charge on any atom is -0.493 e. The Bertz CT molecular complexity index is 1510. The molecule has 4 heterocycles. The van der Waals surface area contributed by atoms with Crippen molar-refractivity contribution in [3.8, 4) is 23.5 Å². The number of anilines is 2. The van der Waals surface area contributed by atoms with E-state index in [9.17, 15) is 5.26 Å². The molecule has 10 heteroatoms. The van der Waals surface area contributed by atoms with Crippen molar-refractivity contribution in [1.29, 1.82) is 5.26 Å². The maximum Gasteiger partial charge on any atom is 0.198 e.